The minimum absolute atomic E-state index is 0.371. The van der Waals surface area contributed by atoms with Crippen LogP contribution in [0.15, 0.2) is 0 Å². The minimum atomic E-state index is 0.371. The third-order valence-corrected chi connectivity index (χ3v) is 4.70. The maximum atomic E-state index is 6.03. The van der Waals surface area contributed by atoms with E-state index < -0.39 is 0 Å². The fraction of sp³-hybridized carbons (Fsp3) is 1.00. The first-order valence-corrected chi connectivity index (χ1v) is 7.78. The average Bonchev–Trinajstić information content (AvgIpc) is 2.78. The molecule has 0 spiro atoms. The first-order chi connectivity index (χ1) is 8.56. The van der Waals surface area contributed by atoms with E-state index in [1.54, 1.807) is 0 Å². The Morgan fingerprint density at radius 2 is 1.72 bits per heavy atom. The van der Waals surface area contributed by atoms with E-state index in [0.29, 0.717) is 6.04 Å². The van der Waals surface area contributed by atoms with Gasteiger partial charge in [-0.2, -0.15) is 0 Å². The van der Waals surface area contributed by atoms with Gasteiger partial charge in [0.1, 0.15) is 0 Å². The van der Waals surface area contributed by atoms with Crippen LogP contribution in [0.2, 0.25) is 0 Å². The van der Waals surface area contributed by atoms with E-state index in [1.165, 1.54) is 52.0 Å². The van der Waals surface area contributed by atoms with Crippen molar-refractivity contribution >= 4 is 0 Å². The van der Waals surface area contributed by atoms with Gasteiger partial charge < -0.3 is 10.6 Å². The van der Waals surface area contributed by atoms with E-state index in [1.807, 2.05) is 0 Å². The van der Waals surface area contributed by atoms with E-state index in [2.05, 4.69) is 30.6 Å². The highest BCUT2D eigenvalue weighted by atomic mass is 15.2. The Balaban J connectivity index is 1.73. The molecule has 3 nitrogen and oxygen atoms in total. The molecule has 2 heterocycles. The lowest BCUT2D eigenvalue weighted by atomic mass is 10.0. The molecule has 2 unspecified atom stereocenters. The van der Waals surface area contributed by atoms with Crippen LogP contribution in [-0.4, -0.2) is 54.6 Å². The van der Waals surface area contributed by atoms with Crippen molar-refractivity contribution in [3.05, 3.63) is 0 Å². The summed E-state index contributed by atoms with van der Waals surface area (Å²) in [6.07, 6.45) is 4.03. The van der Waals surface area contributed by atoms with Crippen LogP contribution in [0.25, 0.3) is 0 Å². The van der Waals surface area contributed by atoms with Crippen LogP contribution in [0, 0.1) is 11.8 Å². The lowest BCUT2D eigenvalue weighted by Gasteiger charge is -2.37. The Labute approximate surface area is 113 Å². The monoisotopic (exact) mass is 253 g/mol. The summed E-state index contributed by atoms with van der Waals surface area (Å²) >= 11 is 0. The van der Waals surface area contributed by atoms with Crippen LogP contribution < -0.4 is 5.73 Å². The minimum Gasteiger partial charge on any atom is -0.328 e. The third-order valence-electron chi connectivity index (χ3n) is 4.70. The molecule has 0 amide bonds. The molecule has 0 aromatic rings. The average molecular weight is 253 g/mol. The second kappa shape index (κ2) is 6.36. The van der Waals surface area contributed by atoms with Crippen molar-refractivity contribution < 1.29 is 0 Å². The molecule has 18 heavy (non-hydrogen) atoms. The predicted octanol–water partition coefficient (Wildman–Crippen LogP) is 1.78. The highest BCUT2D eigenvalue weighted by Gasteiger charge is 2.31. The van der Waals surface area contributed by atoms with Crippen LogP contribution in [0.5, 0.6) is 0 Å². The molecule has 2 aliphatic rings. The molecule has 0 aromatic carbocycles. The molecule has 0 radical (unpaired) electrons. The Hall–Kier alpha value is -0.120. The van der Waals surface area contributed by atoms with Gasteiger partial charge in [-0.05, 0) is 57.7 Å². The Morgan fingerprint density at radius 1 is 1.06 bits per heavy atom. The molecule has 2 N–H and O–H groups in total. The number of hydrogen-bond acceptors (Lipinski definition) is 3. The Morgan fingerprint density at radius 3 is 2.22 bits per heavy atom. The first kappa shape index (κ1) is 14.3. The predicted molar refractivity (Wildman–Crippen MR) is 77.6 cm³/mol. The zero-order chi connectivity index (χ0) is 13.1. The summed E-state index contributed by atoms with van der Waals surface area (Å²) in [7, 11) is 0. The van der Waals surface area contributed by atoms with Crippen molar-refractivity contribution in [2.75, 3.05) is 32.7 Å². The van der Waals surface area contributed by atoms with Crippen molar-refractivity contribution in [1.82, 2.24) is 9.80 Å². The summed E-state index contributed by atoms with van der Waals surface area (Å²) in [4.78, 5) is 5.35. The number of likely N-dealkylation sites (tertiary alicyclic amines) is 2. The fourth-order valence-electron chi connectivity index (χ4n) is 3.56. The molecule has 2 atom stereocenters. The summed E-state index contributed by atoms with van der Waals surface area (Å²) in [5.41, 5.74) is 6.03. The molecule has 0 aromatic heterocycles. The van der Waals surface area contributed by atoms with Crippen molar-refractivity contribution in [1.29, 1.82) is 0 Å². The Kier molecular flexibility index (Phi) is 5.05. The molecular formula is C15H31N3. The van der Waals surface area contributed by atoms with Crippen molar-refractivity contribution in [3.8, 4) is 0 Å². The molecule has 2 saturated heterocycles. The number of hydrogen-bond donors (Lipinski definition) is 1. The van der Waals surface area contributed by atoms with Crippen molar-refractivity contribution in [2.45, 2.75) is 52.1 Å². The van der Waals surface area contributed by atoms with E-state index in [-0.39, 0.29) is 0 Å². The summed E-state index contributed by atoms with van der Waals surface area (Å²) in [5, 5.41) is 0. The summed E-state index contributed by atoms with van der Waals surface area (Å²) < 4.78 is 0. The van der Waals surface area contributed by atoms with Crippen LogP contribution in [0.1, 0.15) is 40.0 Å². The van der Waals surface area contributed by atoms with Gasteiger partial charge in [-0.3, -0.25) is 4.90 Å². The summed E-state index contributed by atoms with van der Waals surface area (Å²) in [6, 6.07) is 1.20. The van der Waals surface area contributed by atoms with Crippen LogP contribution in [0.3, 0.4) is 0 Å². The molecule has 2 fully saturated rings. The first-order valence-electron chi connectivity index (χ1n) is 7.78. The zero-order valence-corrected chi connectivity index (χ0v) is 12.4. The number of rotatable bonds is 4. The summed E-state index contributed by atoms with van der Waals surface area (Å²) in [5.74, 6) is 1.54. The second-order valence-corrected chi connectivity index (χ2v) is 6.83. The molecule has 106 valence electrons. The second-order valence-electron chi connectivity index (χ2n) is 6.83. The van der Waals surface area contributed by atoms with Crippen LogP contribution in [-0.2, 0) is 0 Å². The topological polar surface area (TPSA) is 32.5 Å². The maximum Gasteiger partial charge on any atom is 0.0120 e. The van der Waals surface area contributed by atoms with Crippen molar-refractivity contribution in [2.24, 2.45) is 17.6 Å². The maximum absolute atomic E-state index is 6.03. The SMILES string of the molecule is CC(C)CN1CCC(N2CCC(C(C)N)C2)CC1. The Bertz CT molecular complexity index is 244. The van der Waals surface area contributed by atoms with E-state index in [9.17, 15) is 0 Å². The smallest absolute Gasteiger partial charge is 0.0120 e. The lowest BCUT2D eigenvalue weighted by molar-refractivity contribution is 0.115. The molecular weight excluding hydrogens is 222 g/mol. The van der Waals surface area contributed by atoms with Crippen molar-refractivity contribution in [3.63, 3.8) is 0 Å². The van der Waals surface area contributed by atoms with E-state index in [4.69, 9.17) is 5.73 Å². The molecule has 0 aliphatic carbocycles. The number of nitrogens with two attached hydrogens (primary N) is 1. The van der Waals surface area contributed by atoms with E-state index >= 15 is 0 Å². The van der Waals surface area contributed by atoms with Gasteiger partial charge in [-0.15, -0.1) is 0 Å². The van der Waals surface area contributed by atoms with Gasteiger partial charge in [0.25, 0.3) is 0 Å². The molecule has 2 aliphatic heterocycles. The van der Waals surface area contributed by atoms with Gasteiger partial charge in [0, 0.05) is 25.2 Å². The van der Waals surface area contributed by atoms with Gasteiger partial charge in [0.2, 0.25) is 0 Å². The zero-order valence-electron chi connectivity index (χ0n) is 12.4. The lowest BCUT2D eigenvalue weighted by Crippen LogP contribution is -2.45. The number of nitrogens with zero attached hydrogens (tertiary/aromatic N) is 2. The molecule has 2 rings (SSSR count). The summed E-state index contributed by atoms with van der Waals surface area (Å²) in [6.45, 7) is 13.2. The van der Waals surface area contributed by atoms with Crippen LogP contribution in [0.4, 0.5) is 0 Å². The third kappa shape index (κ3) is 3.69. The highest BCUT2D eigenvalue weighted by Crippen LogP contribution is 2.25. The van der Waals surface area contributed by atoms with Gasteiger partial charge in [-0.25, -0.2) is 0 Å². The fourth-order valence-corrected chi connectivity index (χ4v) is 3.56. The van der Waals surface area contributed by atoms with Gasteiger partial charge in [0.15, 0.2) is 0 Å². The van der Waals surface area contributed by atoms with E-state index in [0.717, 1.165) is 17.9 Å². The van der Waals surface area contributed by atoms with Gasteiger partial charge >= 0.3 is 0 Å². The van der Waals surface area contributed by atoms with Gasteiger partial charge in [-0.1, -0.05) is 13.8 Å². The normalized spacial score (nSPS) is 30.2. The quantitative estimate of drug-likeness (QED) is 0.829. The largest absolute Gasteiger partial charge is 0.328 e. The highest BCUT2D eigenvalue weighted by molar-refractivity contribution is 4.87. The standard InChI is InChI=1S/C15H31N3/c1-12(2)10-17-7-5-15(6-8-17)18-9-4-14(11-18)13(3)16/h12-15H,4-11,16H2,1-3H3. The number of piperidine rings is 1. The van der Waals surface area contributed by atoms with Gasteiger partial charge in [0.05, 0.1) is 0 Å². The molecule has 0 saturated carbocycles. The molecule has 0 bridgehead atoms. The van der Waals surface area contributed by atoms with Crippen LogP contribution >= 0.6 is 0 Å². The molecule has 3 heteroatoms.